The van der Waals surface area contributed by atoms with Crippen molar-refractivity contribution in [3.05, 3.63) is 4.91 Å². The Morgan fingerprint density at radius 3 is 2.20 bits per heavy atom. The van der Waals surface area contributed by atoms with Gasteiger partial charge in [0.25, 0.3) is 0 Å². The Labute approximate surface area is 34.1 Å². The van der Waals surface area contributed by atoms with Gasteiger partial charge in [0, 0.05) is 0 Å². The molecule has 0 aliphatic carbocycles. The molecular formula is CH2N2OS. The van der Waals surface area contributed by atoms with E-state index in [2.05, 4.69) is 23.1 Å². The van der Waals surface area contributed by atoms with Crippen LogP contribution < -0.4 is 5.73 Å². The van der Waals surface area contributed by atoms with Gasteiger partial charge in [-0.3, -0.25) is 0 Å². The number of rotatable bonds is 0. The van der Waals surface area contributed by atoms with Crippen molar-refractivity contribution in [1.82, 2.24) is 0 Å². The van der Waals surface area contributed by atoms with Crippen LogP contribution in [0.5, 0.6) is 0 Å². The maximum absolute atomic E-state index is 8.99. The molecule has 0 aromatic carbocycles. The molecule has 0 rings (SSSR count). The molecule has 0 radical (unpaired) electrons. The van der Waals surface area contributed by atoms with Crippen LogP contribution in [0.25, 0.3) is 0 Å². The fraction of sp³-hybridized carbons (Fsp3) is 0. The summed E-state index contributed by atoms with van der Waals surface area (Å²) in [5.74, 6) is 0. The number of thiocarbonyl (C=S) groups is 1. The fourth-order valence-corrected chi connectivity index (χ4v) is 0. The number of nitroso groups, excluding NO2 is 1. The van der Waals surface area contributed by atoms with E-state index in [4.69, 9.17) is 4.91 Å². The standard InChI is InChI=1S/CH2N2OS/c2-1(5)3-4/h(H2,2,5). The highest BCUT2D eigenvalue weighted by Gasteiger charge is 1.70. The van der Waals surface area contributed by atoms with Gasteiger partial charge < -0.3 is 5.73 Å². The first kappa shape index (κ1) is 4.49. The van der Waals surface area contributed by atoms with E-state index in [9.17, 15) is 0 Å². The average molecular weight is 90.1 g/mol. The van der Waals surface area contributed by atoms with E-state index in [0.29, 0.717) is 0 Å². The van der Waals surface area contributed by atoms with Crippen molar-refractivity contribution in [2.45, 2.75) is 0 Å². The van der Waals surface area contributed by atoms with Crippen LogP contribution in [-0.4, -0.2) is 5.11 Å². The van der Waals surface area contributed by atoms with Crippen LogP contribution in [0.1, 0.15) is 0 Å². The molecule has 0 saturated heterocycles. The van der Waals surface area contributed by atoms with Crippen LogP contribution in [0.15, 0.2) is 5.18 Å². The molecular weight excluding hydrogens is 88.1 g/mol. The van der Waals surface area contributed by atoms with Gasteiger partial charge in [-0.1, -0.05) is 0 Å². The highest BCUT2D eigenvalue weighted by Crippen LogP contribution is 1.58. The lowest BCUT2D eigenvalue weighted by Gasteiger charge is -1.64. The van der Waals surface area contributed by atoms with Gasteiger partial charge in [0.2, 0.25) is 5.11 Å². The fourth-order valence-electron chi connectivity index (χ4n) is 0. The van der Waals surface area contributed by atoms with Crippen LogP contribution in [-0.2, 0) is 0 Å². The Kier molecular flexibility index (Phi) is 1.60. The summed E-state index contributed by atoms with van der Waals surface area (Å²) in [6.07, 6.45) is 0. The van der Waals surface area contributed by atoms with Crippen molar-refractivity contribution >= 4 is 17.3 Å². The monoisotopic (exact) mass is 90.0 g/mol. The number of hydrogen-bond acceptors (Lipinski definition) is 2. The number of nitrogens with zero attached hydrogens (tertiary/aromatic N) is 1. The van der Waals surface area contributed by atoms with Gasteiger partial charge in [0.1, 0.15) is 0 Å². The van der Waals surface area contributed by atoms with E-state index in [1.165, 1.54) is 0 Å². The lowest BCUT2D eigenvalue weighted by atomic mass is 11.2. The summed E-state index contributed by atoms with van der Waals surface area (Å²) in [5, 5.41) is 1.81. The molecule has 0 spiro atoms. The zero-order valence-electron chi connectivity index (χ0n) is 2.34. The average Bonchev–Trinajstić information content (AvgIpc) is 1.38. The van der Waals surface area contributed by atoms with Crippen molar-refractivity contribution in [1.29, 1.82) is 0 Å². The molecule has 0 aliphatic heterocycles. The SMILES string of the molecule is NC(=S)N=O. The minimum Gasteiger partial charge on any atom is -0.372 e. The minimum atomic E-state index is -0.343. The Bertz CT molecular complexity index is 60.7. The Hall–Kier alpha value is -0.510. The molecule has 0 aromatic heterocycles. The highest BCUT2D eigenvalue weighted by molar-refractivity contribution is 7.80. The predicted molar refractivity (Wildman–Crippen MR) is 22.6 cm³/mol. The van der Waals surface area contributed by atoms with E-state index in [-0.39, 0.29) is 5.11 Å². The van der Waals surface area contributed by atoms with E-state index < -0.39 is 0 Å². The summed E-state index contributed by atoms with van der Waals surface area (Å²) in [6.45, 7) is 0. The molecule has 0 amide bonds. The molecule has 0 heterocycles. The topological polar surface area (TPSA) is 55.4 Å². The van der Waals surface area contributed by atoms with Crippen molar-refractivity contribution in [3.63, 3.8) is 0 Å². The Balaban J connectivity index is 3.20. The van der Waals surface area contributed by atoms with Gasteiger partial charge in [-0.2, -0.15) is 0 Å². The second-order valence-electron chi connectivity index (χ2n) is 0.430. The third-order valence-corrected chi connectivity index (χ3v) is 0.165. The zero-order chi connectivity index (χ0) is 4.28. The summed E-state index contributed by atoms with van der Waals surface area (Å²) < 4.78 is 0. The molecule has 0 fully saturated rings. The molecule has 0 aromatic rings. The summed E-state index contributed by atoms with van der Waals surface area (Å²) in [4.78, 5) is 8.99. The van der Waals surface area contributed by atoms with Gasteiger partial charge >= 0.3 is 0 Å². The molecule has 0 saturated carbocycles. The number of nitrogens with two attached hydrogens (primary N) is 1. The zero-order valence-corrected chi connectivity index (χ0v) is 3.16. The third kappa shape index (κ3) is 3.49. The second-order valence-corrected chi connectivity index (χ2v) is 0.848. The van der Waals surface area contributed by atoms with Crippen molar-refractivity contribution in [2.24, 2.45) is 10.9 Å². The van der Waals surface area contributed by atoms with Crippen LogP contribution in [0.3, 0.4) is 0 Å². The molecule has 2 N–H and O–H groups in total. The van der Waals surface area contributed by atoms with E-state index in [1.807, 2.05) is 0 Å². The molecule has 3 nitrogen and oxygen atoms in total. The molecule has 0 unspecified atom stereocenters. The van der Waals surface area contributed by atoms with Crippen molar-refractivity contribution < 1.29 is 0 Å². The smallest absolute Gasteiger partial charge is 0.233 e. The second kappa shape index (κ2) is 1.78. The normalized spacial score (nSPS) is 6.40. The van der Waals surface area contributed by atoms with E-state index in [1.54, 1.807) is 0 Å². The highest BCUT2D eigenvalue weighted by atomic mass is 32.1. The molecule has 0 bridgehead atoms. The first-order valence-corrected chi connectivity index (χ1v) is 1.31. The first-order valence-electron chi connectivity index (χ1n) is 0.899. The quantitative estimate of drug-likeness (QED) is 0.336. The van der Waals surface area contributed by atoms with E-state index >= 15 is 0 Å². The minimum absolute atomic E-state index is 0.343. The molecule has 28 valence electrons. The first-order chi connectivity index (χ1) is 2.27. The molecule has 5 heavy (non-hydrogen) atoms. The van der Waals surface area contributed by atoms with Crippen LogP contribution in [0.4, 0.5) is 0 Å². The lowest BCUT2D eigenvalue weighted by molar-refractivity contribution is 1.60. The molecule has 0 atom stereocenters. The van der Waals surface area contributed by atoms with Crippen molar-refractivity contribution in [3.8, 4) is 0 Å². The van der Waals surface area contributed by atoms with Gasteiger partial charge in [-0.05, 0) is 17.4 Å². The summed E-state index contributed by atoms with van der Waals surface area (Å²) in [7, 11) is 0. The molecule has 4 heteroatoms. The molecule has 0 aliphatic rings. The van der Waals surface area contributed by atoms with Crippen LogP contribution >= 0.6 is 12.2 Å². The van der Waals surface area contributed by atoms with Gasteiger partial charge in [0.05, 0.1) is 0 Å². The maximum Gasteiger partial charge on any atom is 0.233 e. The Morgan fingerprint density at radius 2 is 2.20 bits per heavy atom. The Morgan fingerprint density at radius 1 is 2.00 bits per heavy atom. The van der Waals surface area contributed by atoms with Gasteiger partial charge in [-0.25, -0.2) is 0 Å². The summed E-state index contributed by atoms with van der Waals surface area (Å²) in [6, 6.07) is 0. The van der Waals surface area contributed by atoms with Gasteiger partial charge in [0.15, 0.2) is 0 Å². The predicted octanol–water partition coefficient (Wildman–Crippen LogP) is -0.00360. The van der Waals surface area contributed by atoms with E-state index in [0.717, 1.165) is 0 Å². The van der Waals surface area contributed by atoms with Crippen LogP contribution in [0.2, 0.25) is 0 Å². The largest absolute Gasteiger partial charge is 0.372 e. The van der Waals surface area contributed by atoms with Crippen LogP contribution in [0, 0.1) is 4.91 Å². The number of hydrogen-bond donors (Lipinski definition) is 1. The third-order valence-electron chi connectivity index (χ3n) is 0.0900. The summed E-state index contributed by atoms with van der Waals surface area (Å²) in [5.41, 5.74) is 4.54. The lowest BCUT2D eigenvalue weighted by Crippen LogP contribution is -2.00. The maximum atomic E-state index is 8.99. The summed E-state index contributed by atoms with van der Waals surface area (Å²) >= 11 is 4.00. The van der Waals surface area contributed by atoms with Gasteiger partial charge in [-0.15, -0.1) is 4.91 Å². The van der Waals surface area contributed by atoms with Crippen molar-refractivity contribution in [2.75, 3.05) is 0 Å².